The Morgan fingerprint density at radius 2 is 1.76 bits per heavy atom. The van der Waals surface area contributed by atoms with Crippen molar-refractivity contribution in [2.24, 2.45) is 0 Å². The number of aryl methyl sites for hydroxylation is 1. The lowest BCUT2D eigenvalue weighted by molar-refractivity contribution is 0.597. The van der Waals surface area contributed by atoms with Gasteiger partial charge in [-0.3, -0.25) is 0 Å². The van der Waals surface area contributed by atoms with E-state index < -0.39 is 9.84 Å². The van der Waals surface area contributed by atoms with Gasteiger partial charge in [0.25, 0.3) is 0 Å². The molecule has 0 atom stereocenters. The van der Waals surface area contributed by atoms with E-state index in [2.05, 4.69) is 5.32 Å². The maximum Gasteiger partial charge on any atom is 0.178 e. The smallest absolute Gasteiger partial charge is 0.178 e. The summed E-state index contributed by atoms with van der Waals surface area (Å²) in [5, 5.41) is 3.20. The fraction of sp³-hybridized carbons (Fsp3) is 0.250. The Morgan fingerprint density at radius 1 is 1.10 bits per heavy atom. The summed E-state index contributed by atoms with van der Waals surface area (Å²) < 4.78 is 36.4. The molecule has 0 aromatic heterocycles. The van der Waals surface area contributed by atoms with Crippen molar-refractivity contribution in [2.75, 3.05) is 11.1 Å². The molecule has 0 aliphatic heterocycles. The number of hydrogen-bond acceptors (Lipinski definition) is 3. The van der Waals surface area contributed by atoms with E-state index in [1.165, 1.54) is 12.1 Å². The van der Waals surface area contributed by atoms with Crippen molar-refractivity contribution >= 4 is 15.5 Å². The molecular formula is C16H18FNO2S. The summed E-state index contributed by atoms with van der Waals surface area (Å²) in [4.78, 5) is 0.327. The van der Waals surface area contributed by atoms with Gasteiger partial charge in [0.1, 0.15) is 5.82 Å². The minimum Gasteiger partial charge on any atom is -0.381 e. The van der Waals surface area contributed by atoms with Crippen molar-refractivity contribution < 1.29 is 12.8 Å². The number of sulfone groups is 1. The van der Waals surface area contributed by atoms with Gasteiger partial charge in [0.2, 0.25) is 0 Å². The molecule has 2 aromatic rings. The molecule has 0 bridgehead atoms. The second kappa shape index (κ2) is 6.26. The van der Waals surface area contributed by atoms with E-state index >= 15 is 0 Å². The second-order valence-corrected chi connectivity index (χ2v) is 7.13. The highest BCUT2D eigenvalue weighted by Crippen LogP contribution is 2.17. The van der Waals surface area contributed by atoms with Gasteiger partial charge in [0.15, 0.2) is 9.84 Å². The molecule has 2 rings (SSSR count). The van der Waals surface area contributed by atoms with Crippen LogP contribution in [0.1, 0.15) is 18.1 Å². The van der Waals surface area contributed by atoms with Crippen molar-refractivity contribution in [3.05, 3.63) is 59.4 Å². The summed E-state index contributed by atoms with van der Waals surface area (Å²) in [5.74, 6) is -0.153. The van der Waals surface area contributed by atoms with Crippen LogP contribution in [-0.2, 0) is 16.4 Å². The number of nitrogens with one attached hydrogen (secondary N) is 1. The third-order valence-corrected chi connectivity index (χ3v) is 5.13. The summed E-state index contributed by atoms with van der Waals surface area (Å²) in [5.41, 5.74) is 2.71. The van der Waals surface area contributed by atoms with Gasteiger partial charge in [-0.25, -0.2) is 12.8 Å². The third kappa shape index (κ3) is 3.82. The Bertz CT molecular complexity index is 724. The summed E-state index contributed by atoms with van der Waals surface area (Å²) in [6, 6.07) is 11.3. The Labute approximate surface area is 124 Å². The zero-order valence-corrected chi connectivity index (χ0v) is 12.9. The summed E-state index contributed by atoms with van der Waals surface area (Å²) in [6.45, 7) is 4.04. The minimum absolute atomic E-state index is 0.0918. The van der Waals surface area contributed by atoms with Crippen molar-refractivity contribution in [3.8, 4) is 0 Å². The van der Waals surface area contributed by atoms with Crippen LogP contribution >= 0.6 is 0 Å². The van der Waals surface area contributed by atoms with Crippen LogP contribution in [0.15, 0.2) is 47.4 Å². The van der Waals surface area contributed by atoms with Gasteiger partial charge in [-0.05, 0) is 54.4 Å². The maximum absolute atomic E-state index is 13.0. The molecule has 0 fully saturated rings. The average Bonchev–Trinajstić information content (AvgIpc) is 2.47. The van der Waals surface area contributed by atoms with Gasteiger partial charge in [-0.1, -0.05) is 13.0 Å². The van der Waals surface area contributed by atoms with Gasteiger partial charge in [-0.2, -0.15) is 0 Å². The van der Waals surface area contributed by atoms with E-state index in [9.17, 15) is 12.8 Å². The Hall–Kier alpha value is -1.88. The average molecular weight is 307 g/mol. The van der Waals surface area contributed by atoms with E-state index in [0.29, 0.717) is 11.4 Å². The SMILES string of the molecule is CCS(=O)(=O)c1ccc(NCc2ccc(F)cc2C)cc1. The standard InChI is InChI=1S/C16H18FNO2S/c1-3-21(19,20)16-8-6-15(7-9-16)18-11-13-4-5-14(17)10-12(13)2/h4-10,18H,3,11H2,1-2H3. The first-order valence-corrected chi connectivity index (χ1v) is 8.39. The van der Waals surface area contributed by atoms with Crippen molar-refractivity contribution in [3.63, 3.8) is 0 Å². The van der Waals surface area contributed by atoms with Crippen LogP contribution in [0.2, 0.25) is 0 Å². The molecule has 1 N–H and O–H groups in total. The highest BCUT2D eigenvalue weighted by atomic mass is 32.2. The monoisotopic (exact) mass is 307 g/mol. The second-order valence-electron chi connectivity index (χ2n) is 4.85. The Kier molecular flexibility index (Phi) is 4.63. The van der Waals surface area contributed by atoms with Crippen molar-refractivity contribution in [1.82, 2.24) is 0 Å². The summed E-state index contributed by atoms with van der Waals surface area (Å²) in [6.07, 6.45) is 0. The largest absolute Gasteiger partial charge is 0.381 e. The molecule has 0 unspecified atom stereocenters. The first kappa shape index (κ1) is 15.5. The predicted molar refractivity (Wildman–Crippen MR) is 82.6 cm³/mol. The van der Waals surface area contributed by atoms with Crippen LogP contribution in [0, 0.1) is 12.7 Å². The van der Waals surface area contributed by atoms with Crippen molar-refractivity contribution in [2.45, 2.75) is 25.3 Å². The maximum atomic E-state index is 13.0. The molecule has 0 heterocycles. The molecule has 0 aliphatic carbocycles. The number of halogens is 1. The van der Waals surface area contributed by atoms with Crippen LogP contribution in [0.5, 0.6) is 0 Å². The molecule has 2 aromatic carbocycles. The Balaban J connectivity index is 2.07. The van der Waals surface area contributed by atoms with Crippen LogP contribution in [0.4, 0.5) is 10.1 Å². The molecule has 3 nitrogen and oxygen atoms in total. The molecule has 0 spiro atoms. The molecule has 0 radical (unpaired) electrons. The summed E-state index contributed by atoms with van der Waals surface area (Å²) in [7, 11) is -3.16. The van der Waals surface area contributed by atoms with Crippen LogP contribution in [-0.4, -0.2) is 14.2 Å². The first-order valence-electron chi connectivity index (χ1n) is 6.74. The fourth-order valence-electron chi connectivity index (χ4n) is 2.00. The van der Waals surface area contributed by atoms with Crippen LogP contribution in [0.25, 0.3) is 0 Å². The third-order valence-electron chi connectivity index (χ3n) is 3.38. The highest BCUT2D eigenvalue weighted by Gasteiger charge is 2.10. The highest BCUT2D eigenvalue weighted by molar-refractivity contribution is 7.91. The van der Waals surface area contributed by atoms with Gasteiger partial charge >= 0.3 is 0 Å². The molecule has 21 heavy (non-hydrogen) atoms. The number of anilines is 1. The molecule has 0 saturated heterocycles. The Morgan fingerprint density at radius 3 is 2.33 bits per heavy atom. The lowest BCUT2D eigenvalue weighted by Gasteiger charge is -2.10. The number of benzene rings is 2. The van der Waals surface area contributed by atoms with Gasteiger partial charge < -0.3 is 5.32 Å². The van der Waals surface area contributed by atoms with Crippen molar-refractivity contribution in [1.29, 1.82) is 0 Å². The van der Waals surface area contributed by atoms with E-state index in [4.69, 9.17) is 0 Å². The molecule has 0 aliphatic rings. The van der Waals surface area contributed by atoms with Gasteiger partial charge in [0.05, 0.1) is 10.6 Å². The normalized spacial score (nSPS) is 11.4. The molecule has 0 amide bonds. The zero-order chi connectivity index (χ0) is 15.5. The van der Waals surface area contributed by atoms with Gasteiger partial charge in [-0.15, -0.1) is 0 Å². The quantitative estimate of drug-likeness (QED) is 0.919. The first-order chi connectivity index (χ1) is 9.92. The molecule has 112 valence electrons. The number of hydrogen-bond donors (Lipinski definition) is 1. The topological polar surface area (TPSA) is 46.2 Å². The predicted octanol–water partition coefficient (Wildman–Crippen LogP) is 3.54. The number of rotatable bonds is 5. The van der Waals surface area contributed by atoms with Gasteiger partial charge in [0, 0.05) is 12.2 Å². The van der Waals surface area contributed by atoms with E-state index in [-0.39, 0.29) is 11.6 Å². The zero-order valence-electron chi connectivity index (χ0n) is 12.1. The molecular weight excluding hydrogens is 289 g/mol. The molecule has 5 heteroatoms. The van der Waals surface area contributed by atoms with E-state index in [1.54, 1.807) is 37.3 Å². The van der Waals surface area contributed by atoms with E-state index in [1.807, 2.05) is 6.92 Å². The summed E-state index contributed by atoms with van der Waals surface area (Å²) >= 11 is 0. The van der Waals surface area contributed by atoms with E-state index in [0.717, 1.165) is 16.8 Å². The fourth-order valence-corrected chi connectivity index (χ4v) is 2.89. The molecule has 0 saturated carbocycles. The van der Waals surface area contributed by atoms with Crippen LogP contribution < -0.4 is 5.32 Å². The lowest BCUT2D eigenvalue weighted by Crippen LogP contribution is -2.05. The minimum atomic E-state index is -3.16. The van der Waals surface area contributed by atoms with Crippen LogP contribution in [0.3, 0.4) is 0 Å². The lowest BCUT2D eigenvalue weighted by atomic mass is 10.1.